The number of rotatable bonds is 3. The molecule has 0 saturated carbocycles. The first-order valence-corrected chi connectivity index (χ1v) is 8.29. The maximum absolute atomic E-state index is 10.7. The molecule has 110 valence electrons. The second-order valence-corrected chi connectivity index (χ2v) is 6.52. The lowest BCUT2D eigenvalue weighted by atomic mass is 9.88. The maximum atomic E-state index is 10.7. The number of likely N-dealkylation sites (tertiary alicyclic amines) is 1. The highest BCUT2D eigenvalue weighted by Gasteiger charge is 2.25. The number of aliphatic hydroxyl groups excluding tert-OH is 1. The van der Waals surface area contributed by atoms with Crippen LogP contribution in [0.2, 0.25) is 0 Å². The summed E-state index contributed by atoms with van der Waals surface area (Å²) in [7, 11) is 0. The van der Waals surface area contributed by atoms with E-state index < -0.39 is 0 Å². The van der Waals surface area contributed by atoms with Gasteiger partial charge >= 0.3 is 0 Å². The summed E-state index contributed by atoms with van der Waals surface area (Å²) in [5.41, 5.74) is 4.08. The van der Waals surface area contributed by atoms with Crippen molar-refractivity contribution in [1.82, 2.24) is 4.90 Å². The van der Waals surface area contributed by atoms with Gasteiger partial charge in [-0.1, -0.05) is 24.6 Å². The van der Waals surface area contributed by atoms with Crippen molar-refractivity contribution in [3.63, 3.8) is 0 Å². The monoisotopic (exact) mass is 273 g/mol. The molecule has 2 nitrogen and oxygen atoms in total. The van der Waals surface area contributed by atoms with Crippen LogP contribution >= 0.6 is 0 Å². The van der Waals surface area contributed by atoms with Gasteiger partial charge in [0.05, 0.1) is 6.10 Å². The second kappa shape index (κ2) is 6.28. The summed E-state index contributed by atoms with van der Waals surface area (Å²) in [6.07, 6.45) is 8.58. The van der Waals surface area contributed by atoms with Crippen LogP contribution in [-0.2, 0) is 12.8 Å². The van der Waals surface area contributed by atoms with Gasteiger partial charge in [-0.3, -0.25) is 4.90 Å². The summed E-state index contributed by atoms with van der Waals surface area (Å²) < 4.78 is 0. The third kappa shape index (κ3) is 2.91. The number of benzene rings is 1. The standard InChI is InChI=1S/C18H27NO/c1-14(19-11-5-2-6-12-19)18(20)17-10-9-15-7-3-4-8-16(15)13-17/h9-10,13-14,18,20H,2-8,11-12H2,1H3. The molecule has 1 aromatic carbocycles. The molecule has 1 N–H and O–H groups in total. The molecule has 0 bridgehead atoms. The molecule has 2 atom stereocenters. The van der Waals surface area contributed by atoms with Crippen molar-refractivity contribution in [2.24, 2.45) is 0 Å². The highest BCUT2D eigenvalue weighted by atomic mass is 16.3. The topological polar surface area (TPSA) is 23.5 Å². The van der Waals surface area contributed by atoms with Gasteiger partial charge in [0.15, 0.2) is 0 Å². The summed E-state index contributed by atoms with van der Waals surface area (Å²) in [5.74, 6) is 0. The van der Waals surface area contributed by atoms with Crippen LogP contribution in [0.4, 0.5) is 0 Å². The SMILES string of the molecule is CC(C(O)c1ccc2c(c1)CCCC2)N1CCCCC1. The van der Waals surface area contributed by atoms with Crippen LogP contribution in [0.5, 0.6) is 0 Å². The average molecular weight is 273 g/mol. The summed E-state index contributed by atoms with van der Waals surface area (Å²) in [6, 6.07) is 6.89. The Bertz CT molecular complexity index is 451. The molecular formula is C18H27NO. The van der Waals surface area contributed by atoms with Crippen molar-refractivity contribution in [1.29, 1.82) is 0 Å². The van der Waals surface area contributed by atoms with E-state index in [9.17, 15) is 5.11 Å². The summed E-state index contributed by atoms with van der Waals surface area (Å²) in [5, 5.41) is 10.7. The number of piperidine rings is 1. The smallest absolute Gasteiger partial charge is 0.0942 e. The van der Waals surface area contributed by atoms with E-state index in [0.29, 0.717) is 0 Å². The largest absolute Gasteiger partial charge is 0.387 e. The highest BCUT2D eigenvalue weighted by molar-refractivity contribution is 5.35. The predicted molar refractivity (Wildman–Crippen MR) is 82.9 cm³/mol. The van der Waals surface area contributed by atoms with Crippen molar-refractivity contribution in [3.8, 4) is 0 Å². The predicted octanol–water partition coefficient (Wildman–Crippen LogP) is 3.47. The molecule has 20 heavy (non-hydrogen) atoms. The zero-order chi connectivity index (χ0) is 13.9. The molecule has 2 unspecified atom stereocenters. The molecule has 1 fully saturated rings. The van der Waals surface area contributed by atoms with Gasteiger partial charge in [-0.15, -0.1) is 0 Å². The number of aliphatic hydroxyl groups is 1. The van der Waals surface area contributed by atoms with E-state index in [4.69, 9.17) is 0 Å². The molecule has 1 aliphatic heterocycles. The van der Waals surface area contributed by atoms with Crippen LogP contribution in [0, 0.1) is 0 Å². The number of fused-ring (bicyclic) bond motifs is 1. The van der Waals surface area contributed by atoms with E-state index in [2.05, 4.69) is 30.0 Å². The Morgan fingerprint density at radius 3 is 2.40 bits per heavy atom. The minimum absolute atomic E-state index is 0.233. The van der Waals surface area contributed by atoms with Crippen LogP contribution < -0.4 is 0 Å². The van der Waals surface area contributed by atoms with Crippen molar-refractivity contribution >= 4 is 0 Å². The van der Waals surface area contributed by atoms with E-state index in [0.717, 1.165) is 18.7 Å². The Morgan fingerprint density at radius 2 is 1.65 bits per heavy atom. The molecular weight excluding hydrogens is 246 g/mol. The Balaban J connectivity index is 1.74. The van der Waals surface area contributed by atoms with Gasteiger partial charge < -0.3 is 5.11 Å². The zero-order valence-corrected chi connectivity index (χ0v) is 12.6. The van der Waals surface area contributed by atoms with Crippen molar-refractivity contribution < 1.29 is 5.11 Å². The lowest BCUT2D eigenvalue weighted by Gasteiger charge is -2.35. The van der Waals surface area contributed by atoms with Crippen LogP contribution in [0.3, 0.4) is 0 Å². The summed E-state index contributed by atoms with van der Waals surface area (Å²) >= 11 is 0. The van der Waals surface area contributed by atoms with Crippen molar-refractivity contribution in [2.45, 2.75) is 64.0 Å². The normalized spacial score (nSPS) is 23.1. The molecule has 1 aliphatic carbocycles. The van der Waals surface area contributed by atoms with E-state index in [-0.39, 0.29) is 12.1 Å². The highest BCUT2D eigenvalue weighted by Crippen LogP contribution is 2.28. The number of aryl methyl sites for hydroxylation is 2. The van der Waals surface area contributed by atoms with Crippen LogP contribution in [0.25, 0.3) is 0 Å². The zero-order valence-electron chi connectivity index (χ0n) is 12.6. The average Bonchev–Trinajstić information content (AvgIpc) is 2.54. The molecule has 0 radical (unpaired) electrons. The van der Waals surface area contributed by atoms with E-state index in [1.54, 1.807) is 0 Å². The third-order valence-electron chi connectivity index (χ3n) is 5.14. The third-order valence-corrected chi connectivity index (χ3v) is 5.14. The number of hydrogen-bond acceptors (Lipinski definition) is 2. The van der Waals surface area contributed by atoms with E-state index in [1.165, 1.54) is 56.1 Å². The van der Waals surface area contributed by atoms with E-state index in [1.807, 2.05) is 0 Å². The molecule has 0 aromatic heterocycles. The summed E-state index contributed by atoms with van der Waals surface area (Å²) in [4.78, 5) is 2.45. The second-order valence-electron chi connectivity index (χ2n) is 6.52. The molecule has 2 heteroatoms. The molecule has 1 saturated heterocycles. The van der Waals surface area contributed by atoms with Gasteiger partial charge in [0.2, 0.25) is 0 Å². The van der Waals surface area contributed by atoms with Crippen LogP contribution in [0.15, 0.2) is 18.2 Å². The lowest BCUT2D eigenvalue weighted by Crippen LogP contribution is -2.40. The molecule has 0 amide bonds. The van der Waals surface area contributed by atoms with Gasteiger partial charge in [0.25, 0.3) is 0 Å². The first-order chi connectivity index (χ1) is 9.75. The summed E-state index contributed by atoms with van der Waals surface area (Å²) in [6.45, 7) is 4.46. The molecule has 0 spiro atoms. The van der Waals surface area contributed by atoms with Gasteiger partial charge in [-0.05, 0) is 75.2 Å². The minimum atomic E-state index is -0.347. The van der Waals surface area contributed by atoms with Gasteiger partial charge in [-0.25, -0.2) is 0 Å². The Hall–Kier alpha value is -0.860. The fourth-order valence-corrected chi connectivity index (χ4v) is 3.74. The Labute approximate surface area is 122 Å². The van der Waals surface area contributed by atoms with Crippen molar-refractivity contribution in [3.05, 3.63) is 34.9 Å². The molecule has 1 heterocycles. The maximum Gasteiger partial charge on any atom is 0.0942 e. The fourth-order valence-electron chi connectivity index (χ4n) is 3.74. The van der Waals surface area contributed by atoms with Crippen LogP contribution in [-0.4, -0.2) is 29.1 Å². The molecule has 1 aromatic rings. The quantitative estimate of drug-likeness (QED) is 0.911. The fraction of sp³-hybridized carbons (Fsp3) is 0.667. The number of hydrogen-bond donors (Lipinski definition) is 1. The van der Waals surface area contributed by atoms with Gasteiger partial charge in [0.1, 0.15) is 0 Å². The first-order valence-electron chi connectivity index (χ1n) is 8.29. The molecule has 3 rings (SSSR count). The van der Waals surface area contributed by atoms with Gasteiger partial charge in [-0.2, -0.15) is 0 Å². The minimum Gasteiger partial charge on any atom is -0.387 e. The molecule has 2 aliphatic rings. The van der Waals surface area contributed by atoms with Crippen molar-refractivity contribution in [2.75, 3.05) is 13.1 Å². The Morgan fingerprint density at radius 1 is 0.950 bits per heavy atom. The van der Waals surface area contributed by atoms with E-state index >= 15 is 0 Å². The van der Waals surface area contributed by atoms with Gasteiger partial charge in [0, 0.05) is 6.04 Å². The Kier molecular flexibility index (Phi) is 4.42. The lowest BCUT2D eigenvalue weighted by molar-refractivity contribution is 0.0470. The first kappa shape index (κ1) is 14.1. The van der Waals surface area contributed by atoms with Crippen LogP contribution in [0.1, 0.15) is 61.8 Å². The number of nitrogens with zero attached hydrogens (tertiary/aromatic N) is 1.